The fourth-order valence-corrected chi connectivity index (χ4v) is 2.55. The Bertz CT molecular complexity index is 489. The van der Waals surface area contributed by atoms with Gasteiger partial charge in [0.05, 0.1) is 6.04 Å². The van der Waals surface area contributed by atoms with E-state index in [1.807, 2.05) is 30.3 Å². The van der Waals surface area contributed by atoms with Crippen LogP contribution >= 0.6 is 0 Å². The van der Waals surface area contributed by atoms with E-state index in [-0.39, 0.29) is 17.9 Å². The van der Waals surface area contributed by atoms with Crippen LogP contribution < -0.4 is 5.32 Å². The molecule has 2 heterocycles. The smallest absolute Gasteiger partial charge is 0.221 e. The van der Waals surface area contributed by atoms with Gasteiger partial charge in [-0.25, -0.2) is 0 Å². The molecular formula is C15H14N2O. The lowest BCUT2D eigenvalue weighted by Gasteiger charge is -2.19. The molecule has 1 aliphatic heterocycles. The molecule has 0 aliphatic carbocycles. The minimum Gasteiger partial charge on any atom is -0.349 e. The summed E-state index contributed by atoms with van der Waals surface area (Å²) >= 11 is 0. The molecule has 1 fully saturated rings. The maximum Gasteiger partial charge on any atom is 0.221 e. The van der Waals surface area contributed by atoms with E-state index < -0.39 is 0 Å². The topological polar surface area (TPSA) is 42.0 Å². The molecule has 1 saturated heterocycles. The molecule has 18 heavy (non-hydrogen) atoms. The monoisotopic (exact) mass is 238 g/mol. The summed E-state index contributed by atoms with van der Waals surface area (Å²) in [6.45, 7) is 0. The van der Waals surface area contributed by atoms with Crippen molar-refractivity contribution >= 4 is 5.91 Å². The van der Waals surface area contributed by atoms with Crippen molar-refractivity contribution in [3.05, 3.63) is 66.0 Å². The van der Waals surface area contributed by atoms with Crippen molar-refractivity contribution in [2.75, 3.05) is 0 Å². The van der Waals surface area contributed by atoms with Crippen molar-refractivity contribution in [2.45, 2.75) is 18.4 Å². The van der Waals surface area contributed by atoms with Crippen LogP contribution in [0.2, 0.25) is 0 Å². The summed E-state index contributed by atoms with van der Waals surface area (Å²) in [5.41, 5.74) is 2.32. The lowest BCUT2D eigenvalue weighted by atomic mass is 9.88. The number of carbonyl (C=O) groups excluding carboxylic acids is 1. The molecule has 1 aliphatic rings. The molecule has 2 aromatic rings. The standard InChI is InChI=1S/C15H14N2O/c18-14-10-13(11-6-8-16-9-7-11)15(17-14)12-4-2-1-3-5-12/h1-9,13,15H,10H2,(H,17,18). The first-order valence-electron chi connectivity index (χ1n) is 6.09. The van der Waals surface area contributed by atoms with Crippen molar-refractivity contribution in [2.24, 2.45) is 0 Å². The average molecular weight is 238 g/mol. The van der Waals surface area contributed by atoms with E-state index in [0.717, 1.165) is 11.1 Å². The molecule has 3 rings (SSSR count). The van der Waals surface area contributed by atoms with Crippen LogP contribution in [0.3, 0.4) is 0 Å². The van der Waals surface area contributed by atoms with Crippen molar-refractivity contribution in [3.8, 4) is 0 Å². The highest BCUT2D eigenvalue weighted by Gasteiger charge is 2.34. The zero-order chi connectivity index (χ0) is 12.4. The Morgan fingerprint density at radius 2 is 1.72 bits per heavy atom. The molecule has 1 aromatic heterocycles. The fourth-order valence-electron chi connectivity index (χ4n) is 2.55. The summed E-state index contributed by atoms with van der Waals surface area (Å²) in [7, 11) is 0. The second-order valence-corrected chi connectivity index (χ2v) is 4.55. The molecule has 1 aromatic carbocycles. The largest absolute Gasteiger partial charge is 0.349 e. The van der Waals surface area contributed by atoms with Crippen LogP contribution in [0.5, 0.6) is 0 Å². The first-order valence-corrected chi connectivity index (χ1v) is 6.09. The van der Waals surface area contributed by atoms with Crippen LogP contribution in [0.15, 0.2) is 54.9 Å². The Morgan fingerprint density at radius 1 is 1.00 bits per heavy atom. The van der Waals surface area contributed by atoms with Crippen molar-refractivity contribution in [1.29, 1.82) is 0 Å². The van der Waals surface area contributed by atoms with Gasteiger partial charge in [0, 0.05) is 24.7 Å². The van der Waals surface area contributed by atoms with E-state index in [2.05, 4.69) is 22.4 Å². The van der Waals surface area contributed by atoms with Gasteiger partial charge < -0.3 is 5.32 Å². The van der Waals surface area contributed by atoms with E-state index in [1.165, 1.54) is 0 Å². The van der Waals surface area contributed by atoms with Gasteiger partial charge in [-0.05, 0) is 23.3 Å². The quantitative estimate of drug-likeness (QED) is 0.873. The molecule has 0 saturated carbocycles. The third kappa shape index (κ3) is 1.99. The van der Waals surface area contributed by atoms with Crippen LogP contribution in [0.25, 0.3) is 0 Å². The molecule has 0 bridgehead atoms. The van der Waals surface area contributed by atoms with Crippen molar-refractivity contribution in [1.82, 2.24) is 10.3 Å². The number of hydrogen-bond donors (Lipinski definition) is 1. The molecule has 0 radical (unpaired) electrons. The number of benzene rings is 1. The minimum atomic E-state index is 0.0705. The summed E-state index contributed by atoms with van der Waals surface area (Å²) in [4.78, 5) is 15.7. The molecular weight excluding hydrogens is 224 g/mol. The molecule has 2 unspecified atom stereocenters. The van der Waals surface area contributed by atoms with E-state index in [0.29, 0.717) is 6.42 Å². The third-order valence-electron chi connectivity index (χ3n) is 3.42. The zero-order valence-corrected chi connectivity index (χ0v) is 9.91. The predicted octanol–water partition coefficient (Wildman–Crippen LogP) is 2.43. The van der Waals surface area contributed by atoms with Gasteiger partial charge in [-0.1, -0.05) is 30.3 Å². The van der Waals surface area contributed by atoms with Gasteiger partial charge in [0.1, 0.15) is 0 Å². The van der Waals surface area contributed by atoms with E-state index in [1.54, 1.807) is 12.4 Å². The Labute approximate surface area is 106 Å². The maximum atomic E-state index is 11.7. The molecule has 2 atom stereocenters. The molecule has 1 N–H and O–H groups in total. The SMILES string of the molecule is O=C1CC(c2ccncc2)C(c2ccccc2)N1. The summed E-state index contributed by atoms with van der Waals surface area (Å²) in [5, 5.41) is 3.06. The molecule has 3 heteroatoms. The number of nitrogens with one attached hydrogen (secondary N) is 1. The van der Waals surface area contributed by atoms with Crippen LogP contribution in [0.1, 0.15) is 29.5 Å². The first kappa shape index (κ1) is 11.0. The Kier molecular flexibility index (Phi) is 2.81. The van der Waals surface area contributed by atoms with E-state index >= 15 is 0 Å². The van der Waals surface area contributed by atoms with Gasteiger partial charge in [-0.3, -0.25) is 9.78 Å². The van der Waals surface area contributed by atoms with Crippen molar-refractivity contribution in [3.63, 3.8) is 0 Å². The number of amides is 1. The summed E-state index contributed by atoms with van der Waals surface area (Å²) in [6, 6.07) is 14.2. The highest BCUT2D eigenvalue weighted by Crippen LogP contribution is 2.37. The second-order valence-electron chi connectivity index (χ2n) is 4.55. The highest BCUT2D eigenvalue weighted by atomic mass is 16.2. The second kappa shape index (κ2) is 4.61. The average Bonchev–Trinajstić information content (AvgIpc) is 2.83. The molecule has 90 valence electrons. The zero-order valence-electron chi connectivity index (χ0n) is 9.91. The Morgan fingerprint density at radius 3 is 2.44 bits per heavy atom. The lowest BCUT2D eigenvalue weighted by Crippen LogP contribution is -2.20. The van der Waals surface area contributed by atoms with E-state index in [9.17, 15) is 4.79 Å². The van der Waals surface area contributed by atoms with Gasteiger partial charge in [-0.15, -0.1) is 0 Å². The Hall–Kier alpha value is -2.16. The number of pyridine rings is 1. The molecule has 1 amide bonds. The van der Waals surface area contributed by atoms with Crippen LogP contribution in [-0.2, 0) is 4.79 Å². The van der Waals surface area contributed by atoms with Gasteiger partial charge in [0.15, 0.2) is 0 Å². The van der Waals surface area contributed by atoms with Crippen molar-refractivity contribution < 1.29 is 4.79 Å². The summed E-state index contributed by atoms with van der Waals surface area (Å²) in [6.07, 6.45) is 4.10. The lowest BCUT2D eigenvalue weighted by molar-refractivity contribution is -0.119. The number of rotatable bonds is 2. The van der Waals surface area contributed by atoms with E-state index in [4.69, 9.17) is 0 Å². The maximum absolute atomic E-state index is 11.7. The van der Waals surface area contributed by atoms with Gasteiger partial charge in [0.25, 0.3) is 0 Å². The van der Waals surface area contributed by atoms with Crippen LogP contribution in [0.4, 0.5) is 0 Å². The van der Waals surface area contributed by atoms with Gasteiger partial charge in [-0.2, -0.15) is 0 Å². The van der Waals surface area contributed by atoms with Crippen LogP contribution in [-0.4, -0.2) is 10.9 Å². The number of hydrogen-bond acceptors (Lipinski definition) is 2. The van der Waals surface area contributed by atoms with Gasteiger partial charge in [0.2, 0.25) is 5.91 Å². The first-order chi connectivity index (χ1) is 8.84. The normalized spacial score (nSPS) is 22.8. The highest BCUT2D eigenvalue weighted by molar-refractivity contribution is 5.80. The number of aromatic nitrogens is 1. The van der Waals surface area contributed by atoms with Gasteiger partial charge >= 0.3 is 0 Å². The summed E-state index contributed by atoms with van der Waals surface area (Å²) in [5.74, 6) is 0.313. The third-order valence-corrected chi connectivity index (χ3v) is 3.42. The number of carbonyl (C=O) groups is 1. The molecule has 0 spiro atoms. The molecule has 3 nitrogen and oxygen atoms in total. The minimum absolute atomic E-state index is 0.0705. The fraction of sp³-hybridized carbons (Fsp3) is 0.200. The number of nitrogens with zero attached hydrogens (tertiary/aromatic N) is 1. The Balaban J connectivity index is 1.96. The van der Waals surface area contributed by atoms with Crippen LogP contribution in [0, 0.1) is 0 Å². The predicted molar refractivity (Wildman–Crippen MR) is 68.9 cm³/mol. The summed E-state index contributed by atoms with van der Waals surface area (Å²) < 4.78 is 0.